The van der Waals surface area contributed by atoms with Gasteiger partial charge < -0.3 is 9.25 Å². The van der Waals surface area contributed by atoms with Gasteiger partial charge in [0.2, 0.25) is 5.43 Å². The highest BCUT2D eigenvalue weighted by Crippen LogP contribution is 2.21. The molecule has 0 unspecified atom stereocenters. The van der Waals surface area contributed by atoms with E-state index in [1.54, 1.807) is 24.3 Å². The van der Waals surface area contributed by atoms with Crippen LogP contribution in [0.5, 0.6) is 0 Å². The molecule has 7 nitrogen and oxygen atoms in total. The summed E-state index contributed by atoms with van der Waals surface area (Å²) in [6.45, 7) is 0. The first-order valence-electron chi connectivity index (χ1n) is 7.58. The Kier molecular flexibility index (Phi) is 3.35. The van der Waals surface area contributed by atoms with Crippen LogP contribution in [0.3, 0.4) is 0 Å². The summed E-state index contributed by atoms with van der Waals surface area (Å²) in [5.41, 5.74) is 0.541. The van der Waals surface area contributed by atoms with Crippen molar-refractivity contribution in [2.24, 2.45) is 0 Å². The Bertz CT molecular complexity index is 1100. The molecule has 0 bridgehead atoms. The Hall–Kier alpha value is -3.48. The van der Waals surface area contributed by atoms with Gasteiger partial charge in [-0.1, -0.05) is 12.1 Å². The van der Waals surface area contributed by atoms with Gasteiger partial charge in [0.05, 0.1) is 16.3 Å². The lowest BCUT2D eigenvalue weighted by Gasteiger charge is -2.12. The molecule has 2 amide bonds. The Morgan fingerprint density at radius 1 is 0.920 bits per heavy atom. The van der Waals surface area contributed by atoms with Crippen molar-refractivity contribution in [3.63, 3.8) is 0 Å². The van der Waals surface area contributed by atoms with E-state index in [-0.39, 0.29) is 29.2 Å². The zero-order valence-electron chi connectivity index (χ0n) is 12.9. The van der Waals surface area contributed by atoms with Gasteiger partial charge in [0.15, 0.2) is 0 Å². The Morgan fingerprint density at radius 3 is 2.36 bits per heavy atom. The molecule has 2 heterocycles. The fraction of sp³-hybridized carbons (Fsp3) is 0.111. The lowest BCUT2D eigenvalue weighted by atomic mass is 10.1. The normalized spacial score (nSPS) is 14.5. The third-order valence-corrected chi connectivity index (χ3v) is 3.99. The van der Waals surface area contributed by atoms with E-state index in [9.17, 15) is 19.2 Å². The van der Waals surface area contributed by atoms with Crippen molar-refractivity contribution in [3.8, 4) is 0 Å². The number of fused-ring (bicyclic) bond motifs is 2. The second-order valence-corrected chi connectivity index (χ2v) is 5.60. The molecular weight excluding hydrogens is 326 g/mol. The fourth-order valence-corrected chi connectivity index (χ4v) is 2.72. The van der Waals surface area contributed by atoms with E-state index in [2.05, 4.69) is 0 Å². The van der Waals surface area contributed by atoms with Gasteiger partial charge in [-0.3, -0.25) is 14.4 Å². The molecule has 25 heavy (non-hydrogen) atoms. The topological polar surface area (TPSA) is 93.9 Å². The SMILES string of the molecule is O=C(ON1C(=O)CCC1=O)c1ccc2oc3ccccc3c(=O)c2c1. The zero-order valence-corrected chi connectivity index (χ0v) is 12.9. The minimum absolute atomic E-state index is 0.0133. The maximum atomic E-state index is 12.6. The van der Waals surface area contributed by atoms with Crippen molar-refractivity contribution in [1.29, 1.82) is 0 Å². The molecule has 0 radical (unpaired) electrons. The number of hydroxylamine groups is 2. The molecule has 1 saturated heterocycles. The summed E-state index contributed by atoms with van der Waals surface area (Å²) < 4.78 is 5.66. The summed E-state index contributed by atoms with van der Waals surface area (Å²) in [7, 11) is 0. The number of amides is 2. The third-order valence-electron chi connectivity index (χ3n) is 3.99. The molecule has 3 aromatic rings. The summed E-state index contributed by atoms with van der Waals surface area (Å²) in [5, 5.41) is 1.08. The van der Waals surface area contributed by atoms with E-state index in [1.807, 2.05) is 0 Å². The molecule has 1 fully saturated rings. The Balaban J connectivity index is 1.76. The molecule has 124 valence electrons. The monoisotopic (exact) mass is 337 g/mol. The first kappa shape index (κ1) is 15.1. The van der Waals surface area contributed by atoms with Crippen LogP contribution in [0.15, 0.2) is 51.7 Å². The minimum Gasteiger partial charge on any atom is -0.456 e. The molecule has 0 aliphatic carbocycles. The molecule has 1 aromatic heterocycles. The number of para-hydroxylation sites is 1. The maximum absolute atomic E-state index is 12.6. The van der Waals surface area contributed by atoms with Crippen LogP contribution in [0.1, 0.15) is 23.2 Å². The lowest BCUT2D eigenvalue weighted by Crippen LogP contribution is -2.32. The highest BCUT2D eigenvalue weighted by Gasteiger charge is 2.33. The van der Waals surface area contributed by atoms with Crippen LogP contribution in [0.2, 0.25) is 0 Å². The number of hydrogen-bond donors (Lipinski definition) is 0. The summed E-state index contributed by atoms with van der Waals surface area (Å²) in [5.74, 6) is -2.02. The number of rotatable bonds is 2. The van der Waals surface area contributed by atoms with Crippen LogP contribution < -0.4 is 5.43 Å². The molecule has 1 aliphatic heterocycles. The summed E-state index contributed by atoms with van der Waals surface area (Å²) in [6.07, 6.45) is 0.0266. The van der Waals surface area contributed by atoms with Crippen LogP contribution >= 0.6 is 0 Å². The average molecular weight is 337 g/mol. The van der Waals surface area contributed by atoms with Crippen LogP contribution in [-0.4, -0.2) is 22.8 Å². The van der Waals surface area contributed by atoms with Gasteiger partial charge in [-0.2, -0.15) is 0 Å². The zero-order chi connectivity index (χ0) is 17.6. The first-order chi connectivity index (χ1) is 12.0. The highest BCUT2D eigenvalue weighted by molar-refractivity contribution is 6.03. The highest BCUT2D eigenvalue weighted by atomic mass is 16.7. The van der Waals surface area contributed by atoms with E-state index < -0.39 is 17.8 Å². The third kappa shape index (κ3) is 2.46. The summed E-state index contributed by atoms with van der Waals surface area (Å²) in [6, 6.07) is 11.0. The fourth-order valence-electron chi connectivity index (χ4n) is 2.72. The molecule has 4 rings (SSSR count). The molecule has 0 N–H and O–H groups in total. The molecule has 2 aromatic carbocycles. The van der Waals surface area contributed by atoms with Crippen LogP contribution in [0.4, 0.5) is 0 Å². The number of carbonyl (C=O) groups excluding carboxylic acids is 3. The lowest BCUT2D eigenvalue weighted by molar-refractivity contribution is -0.172. The number of nitrogens with zero attached hydrogens (tertiary/aromatic N) is 1. The van der Waals surface area contributed by atoms with E-state index in [4.69, 9.17) is 9.25 Å². The van der Waals surface area contributed by atoms with Gasteiger partial charge in [-0.15, -0.1) is 5.06 Å². The van der Waals surface area contributed by atoms with Gasteiger partial charge in [0.25, 0.3) is 11.8 Å². The molecular formula is C18H11NO6. The summed E-state index contributed by atoms with van der Waals surface area (Å²) >= 11 is 0. The van der Waals surface area contributed by atoms with Crippen molar-refractivity contribution in [2.45, 2.75) is 12.8 Å². The van der Waals surface area contributed by atoms with E-state index in [0.717, 1.165) is 0 Å². The number of imide groups is 1. The first-order valence-corrected chi connectivity index (χ1v) is 7.58. The van der Waals surface area contributed by atoms with Crippen molar-refractivity contribution in [1.82, 2.24) is 5.06 Å². The van der Waals surface area contributed by atoms with Gasteiger partial charge in [0.1, 0.15) is 11.2 Å². The van der Waals surface area contributed by atoms with Gasteiger partial charge in [-0.25, -0.2) is 4.79 Å². The number of benzene rings is 2. The largest absolute Gasteiger partial charge is 0.456 e. The Labute approximate surface area is 140 Å². The van der Waals surface area contributed by atoms with E-state index >= 15 is 0 Å². The number of carbonyl (C=O) groups is 3. The average Bonchev–Trinajstić information content (AvgIpc) is 2.93. The molecule has 0 saturated carbocycles. The predicted molar refractivity (Wildman–Crippen MR) is 86.5 cm³/mol. The number of hydrogen-bond acceptors (Lipinski definition) is 6. The molecule has 1 aliphatic rings. The Morgan fingerprint density at radius 2 is 1.60 bits per heavy atom. The van der Waals surface area contributed by atoms with Gasteiger partial charge in [0, 0.05) is 12.8 Å². The molecule has 0 spiro atoms. The molecule has 0 atom stereocenters. The van der Waals surface area contributed by atoms with Crippen molar-refractivity contribution in [3.05, 3.63) is 58.3 Å². The van der Waals surface area contributed by atoms with Gasteiger partial charge in [-0.05, 0) is 30.3 Å². The standard InChI is InChI=1S/C18H11NO6/c20-15-7-8-16(21)19(15)25-18(23)10-5-6-14-12(9-10)17(22)11-3-1-2-4-13(11)24-14/h1-6,9H,7-8H2. The second kappa shape index (κ2) is 5.55. The van der Waals surface area contributed by atoms with E-state index in [0.29, 0.717) is 21.6 Å². The van der Waals surface area contributed by atoms with Crippen LogP contribution in [-0.2, 0) is 14.4 Å². The summed E-state index contributed by atoms with van der Waals surface area (Å²) in [4.78, 5) is 52.7. The van der Waals surface area contributed by atoms with Crippen molar-refractivity contribution < 1.29 is 23.6 Å². The van der Waals surface area contributed by atoms with Crippen molar-refractivity contribution >= 4 is 39.7 Å². The molecule has 7 heteroatoms. The van der Waals surface area contributed by atoms with Crippen LogP contribution in [0.25, 0.3) is 21.9 Å². The van der Waals surface area contributed by atoms with Crippen molar-refractivity contribution in [2.75, 3.05) is 0 Å². The van der Waals surface area contributed by atoms with Gasteiger partial charge >= 0.3 is 5.97 Å². The minimum atomic E-state index is -0.891. The van der Waals surface area contributed by atoms with E-state index in [1.165, 1.54) is 18.2 Å². The van der Waals surface area contributed by atoms with Crippen LogP contribution in [0, 0.1) is 0 Å². The second-order valence-electron chi connectivity index (χ2n) is 5.60. The maximum Gasteiger partial charge on any atom is 0.363 e. The predicted octanol–water partition coefficient (Wildman–Crippen LogP) is 2.17. The smallest absolute Gasteiger partial charge is 0.363 e. The quantitative estimate of drug-likeness (QED) is 0.525.